The molecule has 17 heavy (non-hydrogen) atoms. The Morgan fingerprint density at radius 1 is 1.12 bits per heavy atom. The molecule has 1 aromatic rings. The molecule has 0 radical (unpaired) electrons. The highest BCUT2D eigenvalue weighted by Crippen LogP contribution is 2.45. The Morgan fingerprint density at radius 2 is 1.82 bits per heavy atom. The second-order valence-electron chi connectivity index (χ2n) is 5.75. The molecule has 1 unspecified atom stereocenters. The van der Waals surface area contributed by atoms with E-state index in [2.05, 4.69) is 24.3 Å². The first-order valence-corrected chi connectivity index (χ1v) is 6.74. The van der Waals surface area contributed by atoms with Crippen molar-refractivity contribution in [1.82, 2.24) is 0 Å². The summed E-state index contributed by atoms with van der Waals surface area (Å²) in [5.41, 5.74) is 9.50. The van der Waals surface area contributed by atoms with Crippen molar-refractivity contribution in [3.05, 3.63) is 35.4 Å². The lowest BCUT2D eigenvalue weighted by atomic mass is 9.70. The molecule has 0 bridgehead atoms. The smallest absolute Gasteiger partial charge is 0.0541 e. The zero-order valence-electron chi connectivity index (χ0n) is 10.2. The van der Waals surface area contributed by atoms with Gasteiger partial charge in [-0.15, -0.1) is 0 Å². The van der Waals surface area contributed by atoms with Gasteiger partial charge in [0.05, 0.1) is 6.10 Å². The summed E-state index contributed by atoms with van der Waals surface area (Å²) in [5, 5.41) is 9.62. The minimum absolute atomic E-state index is 0.0775. The lowest BCUT2D eigenvalue weighted by molar-refractivity contribution is 0.0877. The van der Waals surface area contributed by atoms with Crippen LogP contribution in [0.5, 0.6) is 0 Å². The maximum absolute atomic E-state index is 9.62. The number of hydrogen-bond acceptors (Lipinski definition) is 2. The van der Waals surface area contributed by atoms with E-state index in [0.717, 1.165) is 25.7 Å². The third kappa shape index (κ3) is 1.90. The van der Waals surface area contributed by atoms with Gasteiger partial charge in [0.1, 0.15) is 0 Å². The highest BCUT2D eigenvalue weighted by molar-refractivity contribution is 5.37. The maximum atomic E-state index is 9.62. The van der Waals surface area contributed by atoms with Gasteiger partial charge < -0.3 is 10.8 Å². The van der Waals surface area contributed by atoms with E-state index in [1.165, 1.54) is 24.0 Å². The van der Waals surface area contributed by atoms with Gasteiger partial charge in [-0.25, -0.2) is 0 Å². The Hall–Kier alpha value is -0.860. The van der Waals surface area contributed by atoms with Crippen LogP contribution in [0, 0.1) is 0 Å². The van der Waals surface area contributed by atoms with Crippen molar-refractivity contribution in [3.63, 3.8) is 0 Å². The van der Waals surface area contributed by atoms with Crippen LogP contribution in [0.3, 0.4) is 0 Å². The van der Waals surface area contributed by atoms with Crippen molar-refractivity contribution < 1.29 is 5.11 Å². The van der Waals surface area contributed by atoms with Crippen molar-refractivity contribution in [3.8, 4) is 0 Å². The van der Waals surface area contributed by atoms with Gasteiger partial charge in [-0.2, -0.15) is 0 Å². The number of aliphatic hydroxyl groups is 1. The molecule has 3 N–H and O–H groups in total. The molecule has 0 aliphatic heterocycles. The molecule has 0 aromatic heterocycles. The van der Waals surface area contributed by atoms with Crippen LogP contribution in [0.2, 0.25) is 0 Å². The first-order chi connectivity index (χ1) is 8.19. The summed E-state index contributed by atoms with van der Waals surface area (Å²) in [6.07, 6.45) is 5.90. The Morgan fingerprint density at radius 3 is 2.59 bits per heavy atom. The Balaban J connectivity index is 1.86. The Labute approximate surface area is 103 Å². The number of aliphatic hydroxyl groups excluding tert-OH is 1. The van der Waals surface area contributed by atoms with Crippen LogP contribution in [-0.2, 0) is 6.42 Å². The number of benzene rings is 1. The fourth-order valence-electron chi connectivity index (χ4n) is 3.64. The molecule has 0 saturated heterocycles. The zero-order chi connectivity index (χ0) is 11.9. The highest BCUT2D eigenvalue weighted by Gasteiger charge is 2.41. The summed E-state index contributed by atoms with van der Waals surface area (Å²) in [7, 11) is 0. The van der Waals surface area contributed by atoms with E-state index >= 15 is 0 Å². The van der Waals surface area contributed by atoms with Crippen LogP contribution in [-0.4, -0.2) is 16.7 Å². The lowest BCUT2D eigenvalue weighted by Gasteiger charge is -2.40. The summed E-state index contributed by atoms with van der Waals surface area (Å²) < 4.78 is 0. The van der Waals surface area contributed by atoms with Gasteiger partial charge >= 0.3 is 0 Å². The molecule has 92 valence electrons. The lowest BCUT2D eigenvalue weighted by Crippen LogP contribution is -2.48. The van der Waals surface area contributed by atoms with E-state index in [0.29, 0.717) is 5.92 Å². The second-order valence-corrected chi connectivity index (χ2v) is 5.75. The van der Waals surface area contributed by atoms with Crippen LogP contribution >= 0.6 is 0 Å². The summed E-state index contributed by atoms with van der Waals surface area (Å²) in [4.78, 5) is 0. The van der Waals surface area contributed by atoms with Gasteiger partial charge in [0.15, 0.2) is 0 Å². The van der Waals surface area contributed by atoms with Crippen LogP contribution in [0.1, 0.15) is 49.1 Å². The highest BCUT2D eigenvalue weighted by atomic mass is 16.3. The number of aryl methyl sites for hydroxylation is 1. The topological polar surface area (TPSA) is 46.2 Å². The molecule has 2 nitrogen and oxygen atoms in total. The molecule has 1 atom stereocenters. The first-order valence-electron chi connectivity index (χ1n) is 6.74. The predicted molar refractivity (Wildman–Crippen MR) is 68.9 cm³/mol. The van der Waals surface area contributed by atoms with E-state index in [-0.39, 0.29) is 11.6 Å². The molecule has 0 spiro atoms. The average molecular weight is 231 g/mol. The van der Waals surface area contributed by atoms with Crippen molar-refractivity contribution in [2.45, 2.75) is 56.1 Å². The molecule has 0 heterocycles. The largest absolute Gasteiger partial charge is 0.393 e. The van der Waals surface area contributed by atoms with Crippen molar-refractivity contribution in [2.75, 3.05) is 0 Å². The van der Waals surface area contributed by atoms with Crippen molar-refractivity contribution >= 4 is 0 Å². The van der Waals surface area contributed by atoms with Crippen molar-refractivity contribution in [1.29, 1.82) is 0 Å². The fraction of sp³-hybridized carbons (Fsp3) is 0.600. The standard InChI is InChI=1S/C15H21NO/c16-15(9-7-12(17)8-10-15)14-6-5-11-3-1-2-4-13(11)14/h1-4,12,14,17H,5-10,16H2. The molecule has 1 aromatic carbocycles. The van der Waals surface area contributed by atoms with Crippen LogP contribution in [0.15, 0.2) is 24.3 Å². The third-order valence-corrected chi connectivity index (χ3v) is 4.71. The van der Waals surface area contributed by atoms with Gasteiger partial charge in [-0.3, -0.25) is 0 Å². The van der Waals surface area contributed by atoms with Crippen molar-refractivity contribution in [2.24, 2.45) is 5.73 Å². The van der Waals surface area contributed by atoms with Gasteiger partial charge in [0.2, 0.25) is 0 Å². The molecular formula is C15H21NO. The van der Waals surface area contributed by atoms with Gasteiger partial charge in [-0.05, 0) is 49.7 Å². The van der Waals surface area contributed by atoms with E-state index in [1.54, 1.807) is 0 Å². The summed E-state index contributed by atoms with van der Waals surface area (Å²) in [5.74, 6) is 0.506. The van der Waals surface area contributed by atoms with Gasteiger partial charge in [0.25, 0.3) is 0 Å². The fourth-order valence-corrected chi connectivity index (χ4v) is 3.64. The molecule has 2 aliphatic rings. The summed E-state index contributed by atoms with van der Waals surface area (Å²) in [6, 6.07) is 8.72. The molecule has 2 aliphatic carbocycles. The van der Waals surface area contributed by atoms with E-state index in [9.17, 15) is 5.11 Å². The van der Waals surface area contributed by atoms with Gasteiger partial charge in [-0.1, -0.05) is 24.3 Å². The van der Waals surface area contributed by atoms with E-state index in [1.807, 2.05) is 0 Å². The number of rotatable bonds is 1. The van der Waals surface area contributed by atoms with Crippen LogP contribution in [0.25, 0.3) is 0 Å². The summed E-state index contributed by atoms with van der Waals surface area (Å²) in [6.45, 7) is 0. The minimum Gasteiger partial charge on any atom is -0.393 e. The Kier molecular flexibility index (Phi) is 2.72. The summed E-state index contributed by atoms with van der Waals surface area (Å²) >= 11 is 0. The monoisotopic (exact) mass is 231 g/mol. The minimum atomic E-state index is -0.122. The molecule has 1 fully saturated rings. The van der Waals surface area contributed by atoms with E-state index in [4.69, 9.17) is 5.73 Å². The van der Waals surface area contributed by atoms with Crippen LogP contribution in [0.4, 0.5) is 0 Å². The third-order valence-electron chi connectivity index (χ3n) is 4.71. The molecular weight excluding hydrogens is 210 g/mol. The Bertz CT molecular complexity index is 407. The number of hydrogen-bond donors (Lipinski definition) is 2. The van der Waals surface area contributed by atoms with E-state index < -0.39 is 0 Å². The number of nitrogens with two attached hydrogens (primary N) is 1. The average Bonchev–Trinajstić information content (AvgIpc) is 2.78. The predicted octanol–water partition coefficient (Wildman–Crippen LogP) is 2.35. The normalized spacial score (nSPS) is 36.8. The second kappa shape index (κ2) is 4.11. The van der Waals surface area contributed by atoms with Gasteiger partial charge in [0, 0.05) is 11.5 Å². The first kappa shape index (κ1) is 11.2. The molecule has 1 saturated carbocycles. The van der Waals surface area contributed by atoms with Crippen LogP contribution < -0.4 is 5.73 Å². The zero-order valence-corrected chi connectivity index (χ0v) is 10.2. The quantitative estimate of drug-likeness (QED) is 0.779. The maximum Gasteiger partial charge on any atom is 0.0541 e. The molecule has 3 rings (SSSR count). The number of fused-ring (bicyclic) bond motifs is 1. The SMILES string of the molecule is NC1(C2CCc3ccccc32)CCC(O)CC1. The molecule has 0 amide bonds. The molecule has 2 heteroatoms.